The summed E-state index contributed by atoms with van der Waals surface area (Å²) in [7, 11) is 1.71. The van der Waals surface area contributed by atoms with Crippen molar-refractivity contribution in [2.45, 2.75) is 76.5 Å². The first-order valence-electron chi connectivity index (χ1n) is 12.2. The molecule has 8 nitrogen and oxygen atoms in total. The Morgan fingerprint density at radius 1 is 1.20 bits per heavy atom. The van der Waals surface area contributed by atoms with Gasteiger partial charge >= 0.3 is 0 Å². The number of nitrogens with one attached hydrogen (secondary N) is 2. The third-order valence-corrected chi connectivity index (χ3v) is 8.41. The first-order chi connectivity index (χ1) is 16.4. The molecule has 3 unspecified atom stereocenters. The summed E-state index contributed by atoms with van der Waals surface area (Å²) in [6.07, 6.45) is 4.65. The second-order valence-corrected chi connectivity index (χ2v) is 11.2. The van der Waals surface area contributed by atoms with E-state index in [1.165, 1.54) is 12.3 Å². The van der Waals surface area contributed by atoms with E-state index < -0.39 is 35.0 Å². The Balaban J connectivity index is 1.37. The summed E-state index contributed by atoms with van der Waals surface area (Å²) in [6, 6.07) is 1.50. The molecule has 4 aliphatic carbocycles. The van der Waals surface area contributed by atoms with Crippen LogP contribution in [0, 0.1) is 38.6 Å². The Hall–Kier alpha value is -2.78. The fourth-order valence-corrected chi connectivity index (χ4v) is 7.36. The number of hydrogen-bond donors (Lipinski definition) is 4. The molecule has 3 atom stereocenters. The van der Waals surface area contributed by atoms with E-state index in [2.05, 4.69) is 15.6 Å². The van der Waals surface area contributed by atoms with Crippen molar-refractivity contribution in [3.8, 4) is 0 Å². The summed E-state index contributed by atoms with van der Waals surface area (Å²) in [5.41, 5.74) is 1.25. The molecule has 0 aromatic carbocycles. The number of carbonyl (C=O) groups excluding carboxylic acids is 2. The molecule has 2 aromatic rings. The average Bonchev–Trinajstić information content (AvgIpc) is 2.96. The number of nitrogens with zero attached hydrogens (tertiary/aromatic N) is 2. The summed E-state index contributed by atoms with van der Waals surface area (Å²) < 4.78 is 15.2. The Morgan fingerprint density at radius 3 is 2.46 bits per heavy atom. The maximum absolute atomic E-state index is 13.5. The van der Waals surface area contributed by atoms with E-state index in [1.54, 1.807) is 32.4 Å². The van der Waals surface area contributed by atoms with E-state index in [1.807, 2.05) is 0 Å². The topological polar surface area (TPSA) is 116 Å². The highest BCUT2D eigenvalue weighted by Gasteiger charge is 2.58. The first kappa shape index (κ1) is 23.9. The van der Waals surface area contributed by atoms with Gasteiger partial charge in [-0.1, -0.05) is 0 Å². The summed E-state index contributed by atoms with van der Waals surface area (Å²) in [6.45, 7) is 5.01. The molecule has 0 aliphatic heterocycles. The largest absolute Gasteiger partial charge is 0.390 e. The highest BCUT2D eigenvalue weighted by Crippen LogP contribution is 2.57. The fourth-order valence-electron chi connectivity index (χ4n) is 7.36. The predicted molar refractivity (Wildman–Crippen MR) is 127 cm³/mol. The van der Waals surface area contributed by atoms with Gasteiger partial charge in [0.05, 0.1) is 28.7 Å². The lowest BCUT2D eigenvalue weighted by molar-refractivity contribution is -0.155. The van der Waals surface area contributed by atoms with Crippen LogP contribution in [0.1, 0.15) is 77.5 Å². The molecule has 4 N–H and O–H groups in total. The minimum atomic E-state index is -1.46. The number of amides is 2. The van der Waals surface area contributed by atoms with Crippen LogP contribution in [-0.2, 0) is 11.8 Å². The van der Waals surface area contributed by atoms with Crippen LogP contribution in [0.4, 0.5) is 10.1 Å². The molecule has 35 heavy (non-hydrogen) atoms. The van der Waals surface area contributed by atoms with Gasteiger partial charge < -0.3 is 25.4 Å². The van der Waals surface area contributed by atoms with Gasteiger partial charge in [-0.2, -0.15) is 4.39 Å². The molecule has 9 heteroatoms. The number of hydrogen-bond acceptors (Lipinski definition) is 5. The molecular weight excluding hydrogens is 451 g/mol. The molecular formula is C26H33FN4O4. The van der Waals surface area contributed by atoms with E-state index in [0.29, 0.717) is 52.0 Å². The number of rotatable bonds is 5. The van der Waals surface area contributed by atoms with Crippen molar-refractivity contribution in [1.29, 1.82) is 0 Å². The molecule has 0 spiro atoms. The standard InChI is InChI=1S/C26H33FN4O4/c1-13-5-18(11-28-22(13)27)29-23(33)19-14(2)20(31(4)15(19)3)21(32)24(34)30-25-7-16-6-17(8-25)10-26(35,9-16)12-25/h5,11,16-17,21,32,35H,6-10,12H2,1-4H3,(H,29,33)(H,30,34). The Morgan fingerprint density at radius 2 is 1.86 bits per heavy atom. The number of aliphatic hydroxyl groups is 2. The minimum absolute atomic E-state index is 0.312. The van der Waals surface area contributed by atoms with Crippen LogP contribution < -0.4 is 10.6 Å². The summed E-state index contributed by atoms with van der Waals surface area (Å²) >= 11 is 0. The smallest absolute Gasteiger partial charge is 0.257 e. The molecule has 4 bridgehead atoms. The van der Waals surface area contributed by atoms with Gasteiger partial charge in [0, 0.05) is 23.8 Å². The Bertz CT molecular complexity index is 1210. The lowest BCUT2D eigenvalue weighted by Gasteiger charge is -2.60. The van der Waals surface area contributed by atoms with Gasteiger partial charge in [0.25, 0.3) is 11.8 Å². The average molecular weight is 485 g/mol. The van der Waals surface area contributed by atoms with Crippen LogP contribution in [0.15, 0.2) is 12.3 Å². The van der Waals surface area contributed by atoms with E-state index >= 15 is 0 Å². The molecule has 4 aliphatic rings. The quantitative estimate of drug-likeness (QED) is 0.487. The maximum Gasteiger partial charge on any atom is 0.257 e. The number of carbonyl (C=O) groups is 2. The van der Waals surface area contributed by atoms with Gasteiger partial charge in [0.2, 0.25) is 5.95 Å². The molecule has 0 saturated heterocycles. The highest BCUT2D eigenvalue weighted by atomic mass is 19.1. The van der Waals surface area contributed by atoms with Crippen molar-refractivity contribution in [3.05, 3.63) is 46.3 Å². The zero-order valence-electron chi connectivity index (χ0n) is 20.6. The van der Waals surface area contributed by atoms with Crippen molar-refractivity contribution in [3.63, 3.8) is 0 Å². The SMILES string of the molecule is Cc1cc(NC(=O)c2c(C)c(C(O)C(=O)NC34CC5CC(CC(O)(C5)C3)C4)n(C)c2C)cnc1F. The number of anilines is 1. The van der Waals surface area contributed by atoms with Crippen molar-refractivity contribution in [2.24, 2.45) is 18.9 Å². The van der Waals surface area contributed by atoms with Gasteiger partial charge in [-0.15, -0.1) is 0 Å². The zero-order valence-corrected chi connectivity index (χ0v) is 20.6. The van der Waals surface area contributed by atoms with Crippen LogP contribution in [0.3, 0.4) is 0 Å². The van der Waals surface area contributed by atoms with E-state index in [4.69, 9.17) is 0 Å². The number of aryl methyl sites for hydroxylation is 1. The van der Waals surface area contributed by atoms with Gasteiger partial charge in [0.15, 0.2) is 6.10 Å². The van der Waals surface area contributed by atoms with Gasteiger partial charge in [-0.25, -0.2) is 4.98 Å². The fraction of sp³-hybridized carbons (Fsp3) is 0.577. The maximum atomic E-state index is 13.5. The van der Waals surface area contributed by atoms with E-state index in [9.17, 15) is 24.2 Å². The highest BCUT2D eigenvalue weighted by molar-refractivity contribution is 6.06. The Kier molecular flexibility index (Phi) is 5.56. The van der Waals surface area contributed by atoms with Crippen molar-refractivity contribution in [1.82, 2.24) is 14.9 Å². The number of halogens is 1. The second kappa shape index (κ2) is 8.13. The second-order valence-electron chi connectivity index (χ2n) is 11.2. The van der Waals surface area contributed by atoms with Crippen molar-refractivity contribution < 1.29 is 24.2 Å². The minimum Gasteiger partial charge on any atom is -0.390 e. The molecule has 4 saturated carbocycles. The molecule has 2 amide bonds. The van der Waals surface area contributed by atoms with Gasteiger partial charge in [-0.3, -0.25) is 9.59 Å². The molecule has 188 valence electrons. The molecule has 2 aromatic heterocycles. The lowest BCUT2D eigenvalue weighted by Crippen LogP contribution is -2.65. The predicted octanol–water partition coefficient (Wildman–Crippen LogP) is 2.97. The molecule has 4 fully saturated rings. The zero-order chi connectivity index (χ0) is 25.3. The third-order valence-electron chi connectivity index (χ3n) is 8.41. The van der Waals surface area contributed by atoms with Crippen molar-refractivity contribution >= 4 is 17.5 Å². The lowest BCUT2D eigenvalue weighted by atomic mass is 9.51. The Labute approximate surface area is 203 Å². The molecule has 2 heterocycles. The number of pyridine rings is 1. The summed E-state index contributed by atoms with van der Waals surface area (Å²) in [5.74, 6) is -0.733. The number of aromatic nitrogens is 2. The van der Waals surface area contributed by atoms with Gasteiger partial charge in [0.1, 0.15) is 0 Å². The molecule has 6 rings (SSSR count). The third kappa shape index (κ3) is 4.04. The van der Waals surface area contributed by atoms with Crippen LogP contribution in [0.2, 0.25) is 0 Å². The van der Waals surface area contributed by atoms with Crippen LogP contribution in [0.25, 0.3) is 0 Å². The van der Waals surface area contributed by atoms with Crippen molar-refractivity contribution in [2.75, 3.05) is 5.32 Å². The van der Waals surface area contributed by atoms with E-state index in [-0.39, 0.29) is 0 Å². The van der Waals surface area contributed by atoms with Crippen LogP contribution in [0.5, 0.6) is 0 Å². The monoisotopic (exact) mass is 484 g/mol. The van der Waals surface area contributed by atoms with Crippen LogP contribution >= 0.6 is 0 Å². The summed E-state index contributed by atoms with van der Waals surface area (Å²) in [4.78, 5) is 30.0. The van der Waals surface area contributed by atoms with Gasteiger partial charge in [-0.05, 0) is 82.8 Å². The molecule has 0 radical (unpaired) electrons. The van der Waals surface area contributed by atoms with Crippen LogP contribution in [-0.4, -0.2) is 42.7 Å². The first-order valence-corrected chi connectivity index (χ1v) is 12.2. The number of aliphatic hydroxyl groups excluding tert-OH is 1. The summed E-state index contributed by atoms with van der Waals surface area (Å²) in [5, 5.41) is 27.9. The normalized spacial score (nSPS) is 29.8. The van der Waals surface area contributed by atoms with E-state index in [0.717, 1.165) is 32.1 Å².